The molecule has 0 heterocycles. The van der Waals surface area contributed by atoms with E-state index in [9.17, 15) is 5.11 Å². The van der Waals surface area contributed by atoms with E-state index in [4.69, 9.17) is 4.74 Å². The largest absolute Gasteiger partial charge is 0.389 e. The summed E-state index contributed by atoms with van der Waals surface area (Å²) in [6.45, 7) is 6.12. The van der Waals surface area contributed by atoms with Crippen LogP contribution in [0, 0.1) is 5.92 Å². The molecule has 1 aromatic carbocycles. The van der Waals surface area contributed by atoms with Gasteiger partial charge in [-0.3, -0.25) is 0 Å². The molecule has 0 saturated heterocycles. The van der Waals surface area contributed by atoms with Crippen molar-refractivity contribution in [2.75, 3.05) is 25.1 Å². The first-order valence-corrected chi connectivity index (χ1v) is 7.25. The Morgan fingerprint density at radius 3 is 2.84 bits per heavy atom. The third-order valence-electron chi connectivity index (χ3n) is 3.46. The van der Waals surface area contributed by atoms with E-state index in [1.807, 2.05) is 12.1 Å². The normalized spacial score (nSPS) is 16.6. The maximum absolute atomic E-state index is 9.83. The van der Waals surface area contributed by atoms with Gasteiger partial charge in [-0.25, -0.2) is 0 Å². The molecule has 0 amide bonds. The highest BCUT2D eigenvalue weighted by Crippen LogP contribution is 2.28. The second kappa shape index (κ2) is 6.92. The summed E-state index contributed by atoms with van der Waals surface area (Å²) in [5.41, 5.74) is 2.37. The quantitative estimate of drug-likeness (QED) is 0.757. The van der Waals surface area contributed by atoms with E-state index < -0.39 is 6.10 Å². The predicted octanol–water partition coefficient (Wildman–Crippen LogP) is 3.01. The molecule has 0 spiro atoms. The maximum atomic E-state index is 9.83. The molecule has 0 bridgehead atoms. The topological polar surface area (TPSA) is 41.5 Å². The van der Waals surface area contributed by atoms with E-state index in [0.717, 1.165) is 18.2 Å². The zero-order valence-electron chi connectivity index (χ0n) is 11.9. The Hall–Kier alpha value is -1.06. The Morgan fingerprint density at radius 1 is 1.37 bits per heavy atom. The molecule has 2 rings (SSSR count). The van der Waals surface area contributed by atoms with Crippen LogP contribution < -0.4 is 5.32 Å². The lowest BCUT2D eigenvalue weighted by atomic mass is 10.0. The van der Waals surface area contributed by atoms with Crippen LogP contribution in [-0.2, 0) is 4.74 Å². The molecule has 0 aromatic heterocycles. The summed E-state index contributed by atoms with van der Waals surface area (Å²) < 4.78 is 5.48. The van der Waals surface area contributed by atoms with Gasteiger partial charge in [-0.05, 0) is 42.4 Å². The van der Waals surface area contributed by atoms with Gasteiger partial charge in [-0.2, -0.15) is 0 Å². The zero-order chi connectivity index (χ0) is 13.7. The predicted molar refractivity (Wildman–Crippen MR) is 78.6 cm³/mol. The van der Waals surface area contributed by atoms with Crippen LogP contribution in [0.25, 0.3) is 0 Å². The highest BCUT2D eigenvalue weighted by atomic mass is 16.5. The average Bonchev–Trinajstić information content (AvgIpc) is 3.21. The first-order valence-electron chi connectivity index (χ1n) is 7.25. The van der Waals surface area contributed by atoms with Gasteiger partial charge < -0.3 is 15.2 Å². The van der Waals surface area contributed by atoms with Gasteiger partial charge in [0.15, 0.2) is 0 Å². The van der Waals surface area contributed by atoms with Gasteiger partial charge in [0.25, 0.3) is 0 Å². The Kier molecular flexibility index (Phi) is 5.23. The number of aliphatic hydroxyl groups is 1. The molecule has 1 saturated carbocycles. The third-order valence-corrected chi connectivity index (χ3v) is 3.46. The van der Waals surface area contributed by atoms with E-state index in [2.05, 4.69) is 31.3 Å². The number of rotatable bonds is 8. The number of benzene rings is 1. The lowest BCUT2D eigenvalue weighted by Gasteiger charge is -2.14. The third kappa shape index (κ3) is 5.21. The van der Waals surface area contributed by atoms with Crippen molar-refractivity contribution in [1.29, 1.82) is 0 Å². The summed E-state index contributed by atoms with van der Waals surface area (Å²) in [7, 11) is 0. The van der Waals surface area contributed by atoms with Crippen LogP contribution in [0.15, 0.2) is 24.3 Å². The van der Waals surface area contributed by atoms with Gasteiger partial charge in [0, 0.05) is 18.8 Å². The lowest BCUT2D eigenvalue weighted by Crippen LogP contribution is -2.25. The average molecular weight is 263 g/mol. The van der Waals surface area contributed by atoms with E-state index in [0.29, 0.717) is 19.1 Å². The van der Waals surface area contributed by atoms with Crippen molar-refractivity contribution in [3.8, 4) is 0 Å². The lowest BCUT2D eigenvalue weighted by molar-refractivity contribution is 0.0386. The first-order chi connectivity index (χ1) is 9.15. The van der Waals surface area contributed by atoms with Gasteiger partial charge in [-0.1, -0.05) is 26.0 Å². The molecule has 2 N–H and O–H groups in total. The molecule has 1 atom stereocenters. The fraction of sp³-hybridized carbons (Fsp3) is 0.625. The second-order valence-electron chi connectivity index (χ2n) is 5.80. The van der Waals surface area contributed by atoms with Gasteiger partial charge in [0.2, 0.25) is 0 Å². The summed E-state index contributed by atoms with van der Waals surface area (Å²) in [5.74, 6) is 1.27. The number of hydrogen-bond donors (Lipinski definition) is 2. The van der Waals surface area contributed by atoms with Crippen LogP contribution in [0.1, 0.15) is 38.2 Å². The Labute approximate surface area is 116 Å². The fourth-order valence-electron chi connectivity index (χ4n) is 1.96. The summed E-state index contributed by atoms with van der Waals surface area (Å²) in [6, 6.07) is 8.35. The summed E-state index contributed by atoms with van der Waals surface area (Å²) in [5, 5.41) is 13.1. The van der Waals surface area contributed by atoms with E-state index in [1.54, 1.807) is 0 Å². The smallest absolute Gasteiger partial charge is 0.0945 e. The monoisotopic (exact) mass is 263 g/mol. The van der Waals surface area contributed by atoms with E-state index in [-0.39, 0.29) is 0 Å². The number of anilines is 1. The van der Waals surface area contributed by atoms with Crippen molar-refractivity contribution >= 4 is 5.69 Å². The van der Waals surface area contributed by atoms with Crippen LogP contribution in [0.2, 0.25) is 0 Å². The van der Waals surface area contributed by atoms with Gasteiger partial charge in [0.05, 0.1) is 12.7 Å². The van der Waals surface area contributed by atoms with Gasteiger partial charge >= 0.3 is 0 Å². The van der Waals surface area contributed by atoms with Crippen LogP contribution in [0.3, 0.4) is 0 Å². The number of hydrogen-bond acceptors (Lipinski definition) is 3. The minimum atomic E-state index is -0.443. The van der Waals surface area contributed by atoms with Crippen molar-refractivity contribution in [1.82, 2.24) is 0 Å². The second-order valence-corrected chi connectivity index (χ2v) is 5.80. The molecule has 1 aliphatic carbocycles. The SMILES string of the molecule is CC(C)c1cccc(NCC(O)COCC2CC2)c1. The van der Waals surface area contributed by atoms with Crippen LogP contribution in [0.5, 0.6) is 0 Å². The Balaban J connectivity index is 1.69. The van der Waals surface area contributed by atoms with Crippen molar-refractivity contribution < 1.29 is 9.84 Å². The summed E-state index contributed by atoms with van der Waals surface area (Å²) >= 11 is 0. The number of nitrogens with one attached hydrogen (secondary N) is 1. The molecule has 0 radical (unpaired) electrons. The molecule has 19 heavy (non-hydrogen) atoms. The molecular formula is C16H25NO2. The highest BCUT2D eigenvalue weighted by molar-refractivity contribution is 5.46. The zero-order valence-corrected chi connectivity index (χ0v) is 11.9. The van der Waals surface area contributed by atoms with E-state index in [1.165, 1.54) is 18.4 Å². The highest BCUT2D eigenvalue weighted by Gasteiger charge is 2.21. The molecule has 1 unspecified atom stereocenters. The maximum Gasteiger partial charge on any atom is 0.0945 e. The van der Waals surface area contributed by atoms with Crippen LogP contribution in [-0.4, -0.2) is 31.0 Å². The molecule has 1 aromatic rings. The van der Waals surface area contributed by atoms with Gasteiger partial charge in [-0.15, -0.1) is 0 Å². The van der Waals surface area contributed by atoms with Crippen LogP contribution >= 0.6 is 0 Å². The molecule has 106 valence electrons. The standard InChI is InChI=1S/C16H25NO2/c1-12(2)14-4-3-5-15(8-14)17-9-16(18)11-19-10-13-6-7-13/h3-5,8,12-13,16-18H,6-7,9-11H2,1-2H3. The molecule has 1 fully saturated rings. The number of aliphatic hydroxyl groups excluding tert-OH is 1. The van der Waals surface area contributed by atoms with E-state index >= 15 is 0 Å². The minimum Gasteiger partial charge on any atom is -0.389 e. The summed E-state index contributed by atoms with van der Waals surface area (Å²) in [4.78, 5) is 0. The van der Waals surface area contributed by atoms with Crippen molar-refractivity contribution in [2.45, 2.75) is 38.7 Å². The Morgan fingerprint density at radius 2 is 2.16 bits per heavy atom. The molecule has 3 heteroatoms. The van der Waals surface area contributed by atoms with Crippen molar-refractivity contribution in [3.05, 3.63) is 29.8 Å². The van der Waals surface area contributed by atoms with Gasteiger partial charge in [0.1, 0.15) is 0 Å². The molecular weight excluding hydrogens is 238 g/mol. The molecule has 1 aliphatic rings. The van der Waals surface area contributed by atoms with Crippen LogP contribution in [0.4, 0.5) is 5.69 Å². The Bertz CT molecular complexity index is 388. The van der Waals surface area contributed by atoms with Crippen molar-refractivity contribution in [3.63, 3.8) is 0 Å². The van der Waals surface area contributed by atoms with Crippen molar-refractivity contribution in [2.24, 2.45) is 5.92 Å². The molecule has 3 nitrogen and oxygen atoms in total. The molecule has 0 aliphatic heterocycles. The summed E-state index contributed by atoms with van der Waals surface area (Å²) in [6.07, 6.45) is 2.13. The minimum absolute atomic E-state index is 0.424. The number of ether oxygens (including phenoxy) is 1. The fourth-order valence-corrected chi connectivity index (χ4v) is 1.96. The first kappa shape index (κ1) is 14.4.